The summed E-state index contributed by atoms with van der Waals surface area (Å²) in [7, 11) is 0. The van der Waals surface area contributed by atoms with Gasteiger partial charge < -0.3 is 0 Å². The van der Waals surface area contributed by atoms with Crippen LogP contribution in [-0.2, 0) is 12.8 Å². The molecular formula is C27H21N3. The Balaban J connectivity index is 1.58. The summed E-state index contributed by atoms with van der Waals surface area (Å²) in [6, 6.07) is 18.6. The van der Waals surface area contributed by atoms with Crippen LogP contribution in [0.3, 0.4) is 0 Å². The van der Waals surface area contributed by atoms with Crippen LogP contribution in [0.4, 0.5) is 0 Å². The van der Waals surface area contributed by atoms with Crippen molar-refractivity contribution in [3.05, 3.63) is 100 Å². The van der Waals surface area contributed by atoms with Crippen molar-refractivity contribution in [3.63, 3.8) is 0 Å². The van der Waals surface area contributed by atoms with Gasteiger partial charge in [-0.25, -0.2) is 0 Å². The zero-order chi connectivity index (χ0) is 20.6. The Hall–Kier alpha value is -3.69. The van der Waals surface area contributed by atoms with E-state index < -0.39 is 0 Å². The molecule has 0 amide bonds. The van der Waals surface area contributed by atoms with Gasteiger partial charge in [-0.05, 0) is 78.1 Å². The maximum absolute atomic E-state index is 9.51. The molecule has 0 saturated carbocycles. The normalized spacial score (nSPS) is 23.4. The van der Waals surface area contributed by atoms with E-state index >= 15 is 0 Å². The van der Waals surface area contributed by atoms with Crippen molar-refractivity contribution >= 4 is 11.3 Å². The number of aliphatic imine (C=N–C) groups is 1. The van der Waals surface area contributed by atoms with E-state index in [0.717, 1.165) is 54.5 Å². The molecule has 1 unspecified atom stereocenters. The zero-order valence-electron chi connectivity index (χ0n) is 16.7. The van der Waals surface area contributed by atoms with Crippen LogP contribution in [0.25, 0.3) is 5.57 Å². The summed E-state index contributed by atoms with van der Waals surface area (Å²) in [5.41, 5.74) is 8.63. The molecule has 2 aromatic rings. The maximum atomic E-state index is 9.51. The number of aryl methyl sites for hydroxylation is 1. The van der Waals surface area contributed by atoms with Crippen molar-refractivity contribution in [3.8, 4) is 12.3 Å². The summed E-state index contributed by atoms with van der Waals surface area (Å²) in [5.74, 6) is 0. The first-order chi connectivity index (χ1) is 14.7. The molecule has 3 nitrogen and oxygen atoms in total. The van der Waals surface area contributed by atoms with Crippen LogP contribution >= 0.6 is 0 Å². The highest BCUT2D eigenvalue weighted by molar-refractivity contribution is 6.14. The molecule has 1 atom stereocenters. The second-order valence-corrected chi connectivity index (χ2v) is 8.30. The molecule has 30 heavy (non-hydrogen) atoms. The number of hydrogen-bond acceptors (Lipinski definition) is 3. The average molecular weight is 387 g/mol. The van der Waals surface area contributed by atoms with Crippen molar-refractivity contribution in [2.45, 2.75) is 32.1 Å². The van der Waals surface area contributed by atoms with Crippen molar-refractivity contribution in [1.29, 1.82) is 10.5 Å². The minimum atomic E-state index is -0.207. The molecule has 0 N–H and O–H groups in total. The van der Waals surface area contributed by atoms with E-state index in [1.54, 1.807) is 0 Å². The minimum Gasteiger partial charge on any atom is -0.192 e. The minimum absolute atomic E-state index is 0.207. The van der Waals surface area contributed by atoms with E-state index in [9.17, 15) is 10.5 Å². The number of benzene rings is 2. The second kappa shape index (κ2) is 7.29. The smallest absolute Gasteiger partial charge is 0.192 e. The number of rotatable bonds is 1. The standard InChI is InChI=1S/C27H21N3/c28-17-19-5-3-8-21(13-19)22-10-11-24-16-27(26(30-18-29)25(24)14-22)12-4-9-20-6-1-2-7-23(20)15-27/h1-3,5-8,10,13-14,16H,4,9,11-12,15H2. The molecule has 0 radical (unpaired) electrons. The van der Waals surface area contributed by atoms with Gasteiger partial charge in [-0.2, -0.15) is 15.5 Å². The predicted molar refractivity (Wildman–Crippen MR) is 118 cm³/mol. The van der Waals surface area contributed by atoms with E-state index in [4.69, 9.17) is 0 Å². The summed E-state index contributed by atoms with van der Waals surface area (Å²) in [6.07, 6.45) is 13.7. The summed E-state index contributed by atoms with van der Waals surface area (Å²) >= 11 is 0. The molecule has 5 rings (SSSR count). The first-order valence-corrected chi connectivity index (χ1v) is 10.4. The SMILES string of the molecule is N#CN=C1C2=CC(c3cccc(C#N)c3)=CCC2=CC12CCCc1ccccc1C2. The van der Waals surface area contributed by atoms with E-state index in [0.29, 0.717) is 5.56 Å². The Labute approximate surface area is 177 Å². The molecule has 0 fully saturated rings. The van der Waals surface area contributed by atoms with Gasteiger partial charge in [0, 0.05) is 11.0 Å². The average Bonchev–Trinajstić information content (AvgIpc) is 2.94. The highest BCUT2D eigenvalue weighted by atomic mass is 14.8. The largest absolute Gasteiger partial charge is 0.205 e. The van der Waals surface area contributed by atoms with Gasteiger partial charge in [0.05, 0.1) is 17.3 Å². The van der Waals surface area contributed by atoms with Crippen molar-refractivity contribution in [2.75, 3.05) is 0 Å². The third-order valence-electron chi connectivity index (χ3n) is 6.55. The van der Waals surface area contributed by atoms with Gasteiger partial charge in [-0.1, -0.05) is 48.6 Å². The molecule has 3 aliphatic rings. The summed E-state index contributed by atoms with van der Waals surface area (Å²) in [4.78, 5) is 4.38. The Morgan fingerprint density at radius 2 is 1.87 bits per heavy atom. The Kier molecular flexibility index (Phi) is 4.46. The number of hydrogen-bond donors (Lipinski definition) is 0. The molecule has 0 heterocycles. The van der Waals surface area contributed by atoms with Gasteiger partial charge >= 0.3 is 0 Å². The number of fused-ring (bicyclic) bond motifs is 2. The monoisotopic (exact) mass is 387 g/mol. The fraction of sp³-hybridized carbons (Fsp3) is 0.222. The van der Waals surface area contributed by atoms with Gasteiger partial charge in [0.1, 0.15) is 0 Å². The van der Waals surface area contributed by atoms with E-state index in [1.807, 2.05) is 24.3 Å². The third-order valence-corrected chi connectivity index (χ3v) is 6.55. The number of nitrogens with zero attached hydrogens (tertiary/aromatic N) is 3. The molecule has 3 heteroatoms. The zero-order valence-corrected chi connectivity index (χ0v) is 16.7. The molecular weight excluding hydrogens is 366 g/mol. The molecule has 0 saturated heterocycles. The summed E-state index contributed by atoms with van der Waals surface area (Å²) < 4.78 is 0. The van der Waals surface area contributed by atoms with Crippen LogP contribution in [0.15, 0.2) is 82.9 Å². The Bertz CT molecular complexity index is 1240. The highest BCUT2D eigenvalue weighted by Gasteiger charge is 2.43. The van der Waals surface area contributed by atoms with Crippen LogP contribution in [-0.4, -0.2) is 5.71 Å². The van der Waals surface area contributed by atoms with E-state index in [-0.39, 0.29) is 5.41 Å². The van der Waals surface area contributed by atoms with E-state index in [1.165, 1.54) is 16.7 Å². The summed E-state index contributed by atoms with van der Waals surface area (Å²) in [6.45, 7) is 0. The molecule has 0 bridgehead atoms. The molecule has 0 aromatic heterocycles. The molecule has 0 aliphatic heterocycles. The van der Waals surface area contributed by atoms with Gasteiger partial charge in [-0.3, -0.25) is 0 Å². The van der Waals surface area contributed by atoms with Crippen LogP contribution in [0, 0.1) is 28.2 Å². The lowest BCUT2D eigenvalue weighted by molar-refractivity contribution is 0.487. The van der Waals surface area contributed by atoms with Gasteiger partial charge in [0.15, 0.2) is 0 Å². The summed E-state index contributed by atoms with van der Waals surface area (Å²) in [5, 5.41) is 18.8. The quantitative estimate of drug-likeness (QED) is 0.589. The fourth-order valence-electron chi connectivity index (χ4n) is 5.18. The van der Waals surface area contributed by atoms with E-state index in [2.05, 4.69) is 59.7 Å². The Morgan fingerprint density at radius 1 is 1.00 bits per heavy atom. The predicted octanol–water partition coefficient (Wildman–Crippen LogP) is 5.70. The molecule has 3 aliphatic carbocycles. The lowest BCUT2D eigenvalue weighted by Gasteiger charge is -2.27. The van der Waals surface area contributed by atoms with Crippen molar-refractivity contribution in [1.82, 2.24) is 0 Å². The van der Waals surface area contributed by atoms with Gasteiger partial charge in [-0.15, -0.1) is 0 Å². The molecule has 144 valence electrons. The first-order valence-electron chi connectivity index (χ1n) is 10.4. The number of allylic oxidation sites excluding steroid dienone is 6. The van der Waals surface area contributed by atoms with Crippen LogP contribution in [0.1, 0.15) is 41.5 Å². The number of nitriles is 2. The van der Waals surface area contributed by atoms with Crippen LogP contribution < -0.4 is 0 Å². The molecule has 2 aromatic carbocycles. The second-order valence-electron chi connectivity index (χ2n) is 8.30. The topological polar surface area (TPSA) is 59.9 Å². The lowest BCUT2D eigenvalue weighted by atomic mass is 9.76. The lowest BCUT2D eigenvalue weighted by Crippen LogP contribution is -2.28. The van der Waals surface area contributed by atoms with Crippen LogP contribution in [0.5, 0.6) is 0 Å². The van der Waals surface area contributed by atoms with Gasteiger partial charge in [0.25, 0.3) is 0 Å². The van der Waals surface area contributed by atoms with Gasteiger partial charge in [0.2, 0.25) is 6.19 Å². The first kappa shape index (κ1) is 18.3. The van der Waals surface area contributed by atoms with Crippen LogP contribution in [0.2, 0.25) is 0 Å². The third kappa shape index (κ3) is 3.00. The molecule has 1 spiro atoms. The highest BCUT2D eigenvalue weighted by Crippen LogP contribution is 2.49. The van der Waals surface area contributed by atoms with Crippen molar-refractivity contribution in [2.24, 2.45) is 10.4 Å². The maximum Gasteiger partial charge on any atom is 0.205 e. The fourth-order valence-corrected chi connectivity index (χ4v) is 5.18. The van der Waals surface area contributed by atoms with Crippen molar-refractivity contribution < 1.29 is 0 Å². The Morgan fingerprint density at radius 3 is 2.70 bits per heavy atom.